The van der Waals surface area contributed by atoms with Crippen molar-refractivity contribution >= 4 is 5.97 Å². The van der Waals surface area contributed by atoms with E-state index in [4.69, 9.17) is 5.90 Å². The van der Waals surface area contributed by atoms with E-state index in [9.17, 15) is 4.79 Å². The van der Waals surface area contributed by atoms with Crippen molar-refractivity contribution in [2.75, 3.05) is 6.61 Å². The van der Waals surface area contributed by atoms with Gasteiger partial charge in [-0.15, -0.1) is 0 Å². The molecule has 8 heavy (non-hydrogen) atoms. The van der Waals surface area contributed by atoms with Crippen molar-refractivity contribution in [3.63, 3.8) is 0 Å². The fourth-order valence-corrected chi connectivity index (χ4v) is 0.562. The maximum Gasteiger partial charge on any atom is 0.310 e. The van der Waals surface area contributed by atoms with Crippen LogP contribution in [0.15, 0.2) is 0 Å². The van der Waals surface area contributed by atoms with E-state index in [0.717, 1.165) is 0 Å². The van der Waals surface area contributed by atoms with Crippen LogP contribution < -0.4 is 5.90 Å². The molecule has 2 N–H and O–H groups in total. The number of carbonyl (C=O) groups is 1. The van der Waals surface area contributed by atoms with Gasteiger partial charge in [-0.2, -0.15) is 0 Å². The van der Waals surface area contributed by atoms with Crippen molar-refractivity contribution < 1.29 is 14.4 Å². The van der Waals surface area contributed by atoms with E-state index in [1.54, 1.807) is 0 Å². The summed E-state index contributed by atoms with van der Waals surface area (Å²) in [5.41, 5.74) is 0. The Labute approximate surface area is 46.5 Å². The Bertz CT molecular complexity index is 95.5. The van der Waals surface area contributed by atoms with Crippen molar-refractivity contribution in [1.82, 2.24) is 0 Å². The average Bonchev–Trinajstić information content (AvgIpc) is 1.64. The lowest BCUT2D eigenvalue weighted by Gasteiger charge is -2.23. The van der Waals surface area contributed by atoms with Gasteiger partial charge in [0.25, 0.3) is 0 Å². The number of hydrogen-bond donors (Lipinski definition) is 1. The molecule has 0 amide bonds. The minimum absolute atomic E-state index is 0.0903. The van der Waals surface area contributed by atoms with Crippen LogP contribution in [0, 0.1) is 0 Å². The van der Waals surface area contributed by atoms with E-state index in [-0.39, 0.29) is 12.1 Å². The van der Waals surface area contributed by atoms with Crippen LogP contribution in [-0.2, 0) is 14.4 Å². The number of ether oxygens (including phenoxy) is 1. The lowest BCUT2D eigenvalue weighted by Crippen LogP contribution is -2.37. The van der Waals surface area contributed by atoms with Gasteiger partial charge in [0, 0.05) is 0 Å². The van der Waals surface area contributed by atoms with Crippen molar-refractivity contribution in [3.05, 3.63) is 0 Å². The summed E-state index contributed by atoms with van der Waals surface area (Å²) in [4.78, 5) is 14.3. The van der Waals surface area contributed by atoms with E-state index in [0.29, 0.717) is 13.0 Å². The average molecular weight is 117 g/mol. The van der Waals surface area contributed by atoms with E-state index >= 15 is 0 Å². The highest BCUT2D eigenvalue weighted by Gasteiger charge is 2.27. The first-order valence-corrected chi connectivity index (χ1v) is 2.34. The number of rotatable bonds is 2. The minimum Gasteiger partial charge on any atom is -0.459 e. The number of esters is 1. The van der Waals surface area contributed by atoms with Gasteiger partial charge in [-0.05, 0) is 0 Å². The van der Waals surface area contributed by atoms with Crippen LogP contribution in [0.5, 0.6) is 0 Å². The van der Waals surface area contributed by atoms with Crippen molar-refractivity contribution in [1.29, 1.82) is 0 Å². The summed E-state index contributed by atoms with van der Waals surface area (Å²) >= 11 is 0. The molecule has 0 aromatic heterocycles. The Kier molecular flexibility index (Phi) is 1.45. The Morgan fingerprint density at radius 1 is 2.00 bits per heavy atom. The van der Waals surface area contributed by atoms with Gasteiger partial charge in [-0.3, -0.25) is 4.79 Å². The predicted octanol–water partition coefficient (Wildman–Crippen LogP) is -0.808. The van der Waals surface area contributed by atoms with Crippen molar-refractivity contribution in [2.24, 2.45) is 5.90 Å². The number of carbonyl (C=O) groups excluding carboxylic acids is 1. The Balaban J connectivity index is 2.06. The van der Waals surface area contributed by atoms with Crippen LogP contribution in [0.4, 0.5) is 0 Å². The second-order valence-electron chi connectivity index (χ2n) is 1.65. The molecule has 1 heterocycles. The van der Waals surface area contributed by atoms with Gasteiger partial charge >= 0.3 is 5.97 Å². The Morgan fingerprint density at radius 3 is 3.00 bits per heavy atom. The molecule has 0 radical (unpaired) electrons. The van der Waals surface area contributed by atoms with E-state index in [2.05, 4.69) is 9.57 Å². The van der Waals surface area contributed by atoms with Gasteiger partial charge in [-0.25, -0.2) is 5.90 Å². The second kappa shape index (κ2) is 2.11. The van der Waals surface area contributed by atoms with Crippen LogP contribution in [0.2, 0.25) is 0 Å². The largest absolute Gasteiger partial charge is 0.459 e. The molecule has 1 aliphatic rings. The molecule has 1 unspecified atom stereocenters. The third kappa shape index (κ3) is 0.962. The molecule has 1 saturated heterocycles. The molecule has 0 aromatic rings. The van der Waals surface area contributed by atoms with Crippen LogP contribution in [0.25, 0.3) is 0 Å². The van der Waals surface area contributed by atoms with E-state index in [1.807, 2.05) is 0 Å². The quantitative estimate of drug-likeness (QED) is 0.379. The maximum atomic E-state index is 10.1. The van der Waals surface area contributed by atoms with Gasteiger partial charge in [0.05, 0.1) is 6.42 Å². The molecule has 0 aromatic carbocycles. The van der Waals surface area contributed by atoms with Crippen molar-refractivity contribution in [2.45, 2.75) is 12.5 Å². The lowest BCUT2D eigenvalue weighted by molar-refractivity contribution is -0.175. The zero-order valence-corrected chi connectivity index (χ0v) is 4.29. The minimum atomic E-state index is -0.174. The van der Waals surface area contributed by atoms with Gasteiger partial charge < -0.3 is 9.57 Å². The summed E-state index contributed by atoms with van der Waals surface area (Å²) in [6, 6.07) is 0. The fraction of sp³-hybridized carbons (Fsp3) is 0.750. The van der Waals surface area contributed by atoms with Gasteiger partial charge in [0.2, 0.25) is 0 Å². The molecular formula is C4H7NO3. The standard InChI is InChI=1S/C4H7NO3/c5-7-2-3-1-4(6)8-3/h3H,1-2,5H2. The normalized spacial score (nSPS) is 26.6. The fourth-order valence-electron chi connectivity index (χ4n) is 0.562. The monoisotopic (exact) mass is 117 g/mol. The second-order valence-corrected chi connectivity index (χ2v) is 1.65. The summed E-state index contributed by atoms with van der Waals surface area (Å²) in [6.45, 7) is 0.311. The molecule has 4 nitrogen and oxygen atoms in total. The number of cyclic esters (lactones) is 1. The Hall–Kier alpha value is -0.610. The first kappa shape index (κ1) is 5.53. The molecule has 0 bridgehead atoms. The van der Waals surface area contributed by atoms with Gasteiger partial charge in [-0.1, -0.05) is 0 Å². The van der Waals surface area contributed by atoms with E-state index in [1.165, 1.54) is 0 Å². The molecule has 1 fully saturated rings. The first-order chi connectivity index (χ1) is 3.83. The predicted molar refractivity (Wildman–Crippen MR) is 24.6 cm³/mol. The highest BCUT2D eigenvalue weighted by molar-refractivity contribution is 5.75. The van der Waals surface area contributed by atoms with Gasteiger partial charge in [0.1, 0.15) is 12.7 Å². The highest BCUT2D eigenvalue weighted by atomic mass is 16.6. The number of nitrogens with two attached hydrogens (primary N) is 1. The molecular weight excluding hydrogens is 110 g/mol. The van der Waals surface area contributed by atoms with Crippen LogP contribution in [0.3, 0.4) is 0 Å². The molecule has 46 valence electrons. The summed E-state index contributed by atoms with van der Waals surface area (Å²) in [6.07, 6.45) is 0.351. The smallest absolute Gasteiger partial charge is 0.310 e. The molecule has 4 heteroatoms. The molecule has 1 atom stereocenters. The summed E-state index contributed by atoms with van der Waals surface area (Å²) in [7, 11) is 0. The highest BCUT2D eigenvalue weighted by Crippen LogP contribution is 2.11. The van der Waals surface area contributed by atoms with Crippen molar-refractivity contribution in [3.8, 4) is 0 Å². The molecule has 1 rings (SSSR count). The maximum absolute atomic E-state index is 10.1. The number of hydrogen-bond acceptors (Lipinski definition) is 4. The van der Waals surface area contributed by atoms with Gasteiger partial charge in [0.15, 0.2) is 0 Å². The summed E-state index contributed by atoms with van der Waals surface area (Å²) in [5, 5.41) is 0. The molecule has 1 aliphatic heterocycles. The van der Waals surface area contributed by atoms with E-state index < -0.39 is 0 Å². The SMILES string of the molecule is NOCC1CC(=O)O1. The zero-order chi connectivity index (χ0) is 5.98. The third-order valence-electron chi connectivity index (χ3n) is 0.975. The topological polar surface area (TPSA) is 61.5 Å². The van der Waals surface area contributed by atoms with Crippen LogP contribution >= 0.6 is 0 Å². The van der Waals surface area contributed by atoms with Crippen LogP contribution in [0.1, 0.15) is 6.42 Å². The summed E-state index contributed by atoms with van der Waals surface area (Å²) < 4.78 is 4.54. The molecule has 0 spiro atoms. The Morgan fingerprint density at radius 2 is 2.62 bits per heavy atom. The third-order valence-corrected chi connectivity index (χ3v) is 0.975. The lowest BCUT2D eigenvalue weighted by atomic mass is 10.2. The van der Waals surface area contributed by atoms with Crippen LogP contribution in [-0.4, -0.2) is 18.7 Å². The first-order valence-electron chi connectivity index (χ1n) is 2.34. The molecule has 0 aliphatic carbocycles. The molecule has 0 saturated carbocycles. The zero-order valence-electron chi connectivity index (χ0n) is 4.29. The summed E-state index contributed by atoms with van der Waals surface area (Å²) in [5.74, 6) is 4.52.